The first kappa shape index (κ1) is 16.1. The summed E-state index contributed by atoms with van der Waals surface area (Å²) in [4.78, 5) is 4.22. The number of nitrogens with one attached hydrogen (secondary N) is 1. The fourth-order valence-electron chi connectivity index (χ4n) is 1.85. The predicted molar refractivity (Wildman–Crippen MR) is 82.1 cm³/mol. The Bertz CT molecular complexity index is 433. The smallest absolute Gasteiger partial charge is 0.188 e. The number of phenolic OH excluding ortho intramolecular Hbond substituents is 1. The van der Waals surface area contributed by atoms with Gasteiger partial charge in [0.05, 0.1) is 13.7 Å². The Morgan fingerprint density at radius 2 is 2.15 bits per heavy atom. The first-order valence-corrected chi connectivity index (χ1v) is 7.07. The number of hydrogen-bond acceptors (Lipinski definition) is 3. The quantitative estimate of drug-likeness (QED) is 0.388. The minimum Gasteiger partial charge on any atom is -0.504 e. The molecule has 0 aliphatic heterocycles. The normalized spacial score (nSPS) is 11.4. The molecule has 0 spiro atoms. The van der Waals surface area contributed by atoms with Crippen molar-refractivity contribution >= 4 is 5.96 Å². The van der Waals surface area contributed by atoms with Gasteiger partial charge in [0.2, 0.25) is 0 Å². The van der Waals surface area contributed by atoms with Crippen LogP contribution in [0.3, 0.4) is 0 Å². The molecule has 1 aromatic rings. The van der Waals surface area contributed by atoms with Crippen LogP contribution in [0.1, 0.15) is 38.2 Å². The largest absolute Gasteiger partial charge is 0.504 e. The molecule has 20 heavy (non-hydrogen) atoms. The Morgan fingerprint density at radius 3 is 2.85 bits per heavy atom. The maximum Gasteiger partial charge on any atom is 0.188 e. The van der Waals surface area contributed by atoms with Gasteiger partial charge in [0.25, 0.3) is 0 Å². The lowest BCUT2D eigenvalue weighted by Gasteiger charge is -2.08. The topological polar surface area (TPSA) is 79.9 Å². The van der Waals surface area contributed by atoms with Crippen molar-refractivity contribution in [3.8, 4) is 11.5 Å². The monoisotopic (exact) mass is 279 g/mol. The third-order valence-electron chi connectivity index (χ3n) is 3.06. The summed E-state index contributed by atoms with van der Waals surface area (Å²) in [6, 6.07) is 5.32. The van der Waals surface area contributed by atoms with E-state index in [0.717, 1.165) is 13.0 Å². The number of aliphatic imine (C=N–C) groups is 1. The zero-order valence-electron chi connectivity index (χ0n) is 12.4. The van der Waals surface area contributed by atoms with Gasteiger partial charge < -0.3 is 20.9 Å². The maximum atomic E-state index is 9.92. The lowest BCUT2D eigenvalue weighted by atomic mass is 10.2. The summed E-state index contributed by atoms with van der Waals surface area (Å²) in [5, 5.41) is 13.0. The molecule has 0 amide bonds. The summed E-state index contributed by atoms with van der Waals surface area (Å²) in [5.41, 5.74) is 6.48. The van der Waals surface area contributed by atoms with E-state index < -0.39 is 0 Å². The zero-order valence-corrected chi connectivity index (χ0v) is 12.4. The highest BCUT2D eigenvalue weighted by atomic mass is 16.5. The lowest BCUT2D eigenvalue weighted by Crippen LogP contribution is -2.32. The highest BCUT2D eigenvalue weighted by Gasteiger charge is 2.06. The number of para-hydroxylation sites is 1. The Labute approximate surface area is 120 Å². The minimum absolute atomic E-state index is 0.120. The summed E-state index contributed by atoms with van der Waals surface area (Å²) in [6.45, 7) is 3.35. The third kappa shape index (κ3) is 5.38. The number of aromatic hydroxyl groups is 1. The second-order valence-electron chi connectivity index (χ2n) is 4.66. The average Bonchev–Trinajstić information content (AvgIpc) is 2.46. The summed E-state index contributed by atoms with van der Waals surface area (Å²) in [6.07, 6.45) is 4.76. The fraction of sp³-hybridized carbons (Fsp3) is 0.533. The Morgan fingerprint density at radius 1 is 1.35 bits per heavy atom. The van der Waals surface area contributed by atoms with Crippen molar-refractivity contribution in [2.24, 2.45) is 10.7 Å². The lowest BCUT2D eigenvalue weighted by molar-refractivity contribution is 0.370. The number of hydrogen-bond donors (Lipinski definition) is 3. The molecule has 5 heteroatoms. The minimum atomic E-state index is 0.120. The number of ether oxygens (including phenoxy) is 1. The molecule has 0 fully saturated rings. The van der Waals surface area contributed by atoms with E-state index in [0.29, 0.717) is 23.8 Å². The van der Waals surface area contributed by atoms with Crippen LogP contribution < -0.4 is 15.8 Å². The molecule has 112 valence electrons. The molecule has 0 aromatic heterocycles. The standard InChI is InChI=1S/C15H25N3O2/c1-3-4-5-6-10-17-15(16)18-11-12-8-7-9-13(20-2)14(12)19/h7-9,19H,3-6,10-11H2,1-2H3,(H3,16,17,18). The van der Waals surface area contributed by atoms with Crippen LogP contribution in [0.25, 0.3) is 0 Å². The molecule has 0 aliphatic carbocycles. The van der Waals surface area contributed by atoms with Gasteiger partial charge in [-0.1, -0.05) is 38.3 Å². The first-order valence-electron chi connectivity index (χ1n) is 7.07. The molecule has 0 saturated carbocycles. The molecule has 0 aliphatic rings. The molecule has 0 bridgehead atoms. The summed E-state index contributed by atoms with van der Waals surface area (Å²) < 4.78 is 5.05. The third-order valence-corrected chi connectivity index (χ3v) is 3.06. The van der Waals surface area contributed by atoms with Crippen molar-refractivity contribution in [2.75, 3.05) is 13.7 Å². The van der Waals surface area contributed by atoms with Crippen LogP contribution in [0, 0.1) is 0 Å². The van der Waals surface area contributed by atoms with E-state index in [1.807, 2.05) is 6.07 Å². The summed E-state index contributed by atoms with van der Waals surface area (Å²) in [7, 11) is 1.52. The van der Waals surface area contributed by atoms with Crippen molar-refractivity contribution in [3.63, 3.8) is 0 Å². The molecule has 1 rings (SSSR count). The second-order valence-corrected chi connectivity index (χ2v) is 4.66. The number of guanidine groups is 1. The molecular formula is C15H25N3O2. The van der Waals surface area contributed by atoms with Crippen LogP contribution >= 0.6 is 0 Å². The maximum absolute atomic E-state index is 9.92. The predicted octanol–water partition coefficient (Wildman–Crippen LogP) is 2.39. The van der Waals surface area contributed by atoms with Gasteiger partial charge in [-0.3, -0.25) is 0 Å². The van der Waals surface area contributed by atoms with Gasteiger partial charge in [-0.25, -0.2) is 4.99 Å². The Kier molecular flexibility index (Phi) is 7.32. The van der Waals surface area contributed by atoms with E-state index in [1.54, 1.807) is 12.1 Å². The zero-order chi connectivity index (χ0) is 14.8. The van der Waals surface area contributed by atoms with Crippen molar-refractivity contribution in [2.45, 2.75) is 39.2 Å². The molecular weight excluding hydrogens is 254 g/mol. The van der Waals surface area contributed by atoms with E-state index in [1.165, 1.54) is 26.4 Å². The summed E-state index contributed by atoms with van der Waals surface area (Å²) in [5.74, 6) is 0.974. The van der Waals surface area contributed by atoms with Gasteiger partial charge in [-0.05, 0) is 12.5 Å². The van der Waals surface area contributed by atoms with Crippen molar-refractivity contribution in [3.05, 3.63) is 23.8 Å². The number of phenols is 1. The highest BCUT2D eigenvalue weighted by Crippen LogP contribution is 2.29. The number of rotatable bonds is 8. The van der Waals surface area contributed by atoms with Crippen molar-refractivity contribution < 1.29 is 9.84 Å². The second kappa shape index (κ2) is 9.07. The average molecular weight is 279 g/mol. The van der Waals surface area contributed by atoms with Gasteiger partial charge in [-0.2, -0.15) is 0 Å². The molecule has 1 aromatic carbocycles. The van der Waals surface area contributed by atoms with E-state index in [2.05, 4.69) is 17.2 Å². The number of nitrogens with two attached hydrogens (primary N) is 1. The summed E-state index contributed by atoms with van der Waals surface area (Å²) >= 11 is 0. The molecule has 0 atom stereocenters. The van der Waals surface area contributed by atoms with E-state index in [-0.39, 0.29) is 5.75 Å². The van der Waals surface area contributed by atoms with E-state index >= 15 is 0 Å². The van der Waals surface area contributed by atoms with Crippen LogP contribution in [0.5, 0.6) is 11.5 Å². The SMILES string of the molecule is CCCCCCNC(N)=NCc1cccc(OC)c1O. The molecule has 0 unspecified atom stereocenters. The van der Waals surface area contributed by atoms with Crippen LogP contribution in [0.2, 0.25) is 0 Å². The van der Waals surface area contributed by atoms with Gasteiger partial charge in [0.1, 0.15) is 0 Å². The van der Waals surface area contributed by atoms with Crippen LogP contribution in [-0.4, -0.2) is 24.7 Å². The molecule has 0 heterocycles. The van der Waals surface area contributed by atoms with Crippen molar-refractivity contribution in [1.82, 2.24) is 5.32 Å². The van der Waals surface area contributed by atoms with Gasteiger partial charge in [0.15, 0.2) is 17.5 Å². The van der Waals surface area contributed by atoms with Crippen LogP contribution in [-0.2, 0) is 6.54 Å². The number of methoxy groups -OCH3 is 1. The number of nitrogens with zero attached hydrogens (tertiary/aromatic N) is 1. The molecule has 5 nitrogen and oxygen atoms in total. The molecule has 0 radical (unpaired) electrons. The van der Waals surface area contributed by atoms with Gasteiger partial charge in [0, 0.05) is 12.1 Å². The number of benzene rings is 1. The first-order chi connectivity index (χ1) is 9.69. The van der Waals surface area contributed by atoms with Gasteiger partial charge >= 0.3 is 0 Å². The molecule has 4 N–H and O–H groups in total. The van der Waals surface area contributed by atoms with Crippen LogP contribution in [0.4, 0.5) is 0 Å². The Hall–Kier alpha value is -1.91. The van der Waals surface area contributed by atoms with E-state index in [9.17, 15) is 5.11 Å². The fourth-order valence-corrected chi connectivity index (χ4v) is 1.85. The highest BCUT2D eigenvalue weighted by molar-refractivity contribution is 5.77. The molecule has 0 saturated heterocycles. The van der Waals surface area contributed by atoms with Crippen molar-refractivity contribution in [1.29, 1.82) is 0 Å². The van der Waals surface area contributed by atoms with E-state index in [4.69, 9.17) is 10.5 Å². The van der Waals surface area contributed by atoms with Crippen LogP contribution in [0.15, 0.2) is 23.2 Å². The van der Waals surface area contributed by atoms with Gasteiger partial charge in [-0.15, -0.1) is 0 Å². The number of unbranched alkanes of at least 4 members (excludes halogenated alkanes) is 3. The Balaban J connectivity index is 2.42.